The van der Waals surface area contributed by atoms with Crippen LogP contribution in [0.5, 0.6) is 0 Å². The molecule has 2 N–H and O–H groups in total. The predicted octanol–water partition coefficient (Wildman–Crippen LogP) is 1.43. The van der Waals surface area contributed by atoms with E-state index in [1.807, 2.05) is 44.2 Å². The number of nitrogens with two attached hydrogens (primary N) is 1. The van der Waals surface area contributed by atoms with Crippen molar-refractivity contribution in [1.29, 1.82) is 0 Å². The fraction of sp³-hybridized carbons (Fsp3) is 0.538. The molecule has 1 aromatic rings. The molecule has 0 aromatic heterocycles. The van der Waals surface area contributed by atoms with Gasteiger partial charge in [-0.25, -0.2) is 8.42 Å². The van der Waals surface area contributed by atoms with Crippen LogP contribution in [0.4, 0.5) is 0 Å². The molecule has 0 fully saturated rings. The summed E-state index contributed by atoms with van der Waals surface area (Å²) in [5, 5.41) is 0. The molecule has 102 valence electrons. The Kier molecular flexibility index (Phi) is 5.78. The second-order valence-corrected chi connectivity index (χ2v) is 6.79. The standard InChI is InChI=1S/C13H22N2O2S/c1-12(2)11-18(16,17)15(9-8-14)10-13-6-4-3-5-7-13/h3-7,12H,8-11,14H2,1-2H3. The van der Waals surface area contributed by atoms with E-state index < -0.39 is 10.0 Å². The zero-order valence-electron chi connectivity index (χ0n) is 11.0. The highest BCUT2D eigenvalue weighted by Crippen LogP contribution is 2.12. The van der Waals surface area contributed by atoms with E-state index in [0.717, 1.165) is 5.56 Å². The van der Waals surface area contributed by atoms with Gasteiger partial charge in [-0.1, -0.05) is 44.2 Å². The van der Waals surface area contributed by atoms with E-state index >= 15 is 0 Å². The van der Waals surface area contributed by atoms with Crippen LogP contribution in [0.25, 0.3) is 0 Å². The van der Waals surface area contributed by atoms with Gasteiger partial charge in [-0.3, -0.25) is 0 Å². The first-order chi connectivity index (χ1) is 8.45. The van der Waals surface area contributed by atoms with Crippen LogP contribution in [0.2, 0.25) is 0 Å². The van der Waals surface area contributed by atoms with E-state index in [9.17, 15) is 8.42 Å². The Hall–Kier alpha value is -0.910. The number of rotatable bonds is 7. The lowest BCUT2D eigenvalue weighted by Gasteiger charge is -2.22. The monoisotopic (exact) mass is 270 g/mol. The fourth-order valence-electron chi connectivity index (χ4n) is 1.77. The van der Waals surface area contributed by atoms with Crippen molar-refractivity contribution in [2.24, 2.45) is 11.7 Å². The Labute approximate surface area is 110 Å². The third-order valence-electron chi connectivity index (χ3n) is 2.52. The number of nitrogens with zero attached hydrogens (tertiary/aromatic N) is 1. The summed E-state index contributed by atoms with van der Waals surface area (Å²) in [4.78, 5) is 0. The van der Waals surface area contributed by atoms with Gasteiger partial charge in [0.25, 0.3) is 0 Å². The molecule has 1 rings (SSSR count). The largest absolute Gasteiger partial charge is 0.329 e. The summed E-state index contributed by atoms with van der Waals surface area (Å²) in [5.74, 6) is 0.283. The summed E-state index contributed by atoms with van der Waals surface area (Å²) in [5.41, 5.74) is 6.49. The molecule has 0 aliphatic rings. The van der Waals surface area contributed by atoms with Crippen LogP contribution < -0.4 is 5.73 Å². The van der Waals surface area contributed by atoms with Gasteiger partial charge in [-0.15, -0.1) is 0 Å². The van der Waals surface area contributed by atoms with Crippen molar-refractivity contribution in [3.05, 3.63) is 35.9 Å². The van der Waals surface area contributed by atoms with Crippen LogP contribution in [0.15, 0.2) is 30.3 Å². The molecular weight excluding hydrogens is 248 g/mol. The third kappa shape index (κ3) is 4.76. The van der Waals surface area contributed by atoms with Crippen LogP contribution in [0.1, 0.15) is 19.4 Å². The van der Waals surface area contributed by atoms with E-state index in [-0.39, 0.29) is 11.7 Å². The highest BCUT2D eigenvalue weighted by Gasteiger charge is 2.22. The second-order valence-electron chi connectivity index (χ2n) is 4.78. The van der Waals surface area contributed by atoms with Crippen LogP contribution in [0, 0.1) is 5.92 Å². The minimum absolute atomic E-state index is 0.117. The molecule has 0 saturated carbocycles. The summed E-state index contributed by atoms with van der Waals surface area (Å²) >= 11 is 0. The van der Waals surface area contributed by atoms with E-state index in [1.165, 1.54) is 4.31 Å². The fourth-order valence-corrected chi connectivity index (χ4v) is 3.56. The Bertz CT molecular complexity index is 443. The van der Waals surface area contributed by atoms with Crippen LogP contribution in [-0.4, -0.2) is 31.6 Å². The van der Waals surface area contributed by atoms with Gasteiger partial charge in [-0.2, -0.15) is 4.31 Å². The van der Waals surface area contributed by atoms with Crippen molar-refractivity contribution >= 4 is 10.0 Å². The number of hydrogen-bond donors (Lipinski definition) is 1. The maximum Gasteiger partial charge on any atom is 0.214 e. The summed E-state index contributed by atoms with van der Waals surface area (Å²) in [6.07, 6.45) is 0. The maximum atomic E-state index is 12.2. The van der Waals surface area contributed by atoms with E-state index in [4.69, 9.17) is 5.73 Å². The zero-order valence-corrected chi connectivity index (χ0v) is 11.9. The molecule has 0 saturated heterocycles. The summed E-state index contributed by atoms with van der Waals surface area (Å²) in [6.45, 7) is 4.91. The summed E-state index contributed by atoms with van der Waals surface area (Å²) < 4.78 is 25.9. The molecule has 0 amide bonds. The SMILES string of the molecule is CC(C)CS(=O)(=O)N(CCN)Cc1ccccc1. The number of sulfonamides is 1. The normalized spacial score (nSPS) is 12.3. The van der Waals surface area contributed by atoms with E-state index in [1.54, 1.807) is 0 Å². The van der Waals surface area contributed by atoms with Crippen LogP contribution in [-0.2, 0) is 16.6 Å². The number of hydrogen-bond acceptors (Lipinski definition) is 3. The van der Waals surface area contributed by atoms with Gasteiger partial charge in [0.05, 0.1) is 5.75 Å². The van der Waals surface area contributed by atoms with Crippen molar-refractivity contribution in [2.45, 2.75) is 20.4 Å². The van der Waals surface area contributed by atoms with Gasteiger partial charge in [-0.05, 0) is 11.5 Å². The van der Waals surface area contributed by atoms with Gasteiger partial charge in [0.15, 0.2) is 0 Å². The quantitative estimate of drug-likeness (QED) is 0.815. The smallest absolute Gasteiger partial charge is 0.214 e. The first kappa shape index (κ1) is 15.1. The van der Waals surface area contributed by atoms with E-state index in [0.29, 0.717) is 19.6 Å². The average Bonchev–Trinajstić information content (AvgIpc) is 2.28. The Morgan fingerprint density at radius 2 is 1.83 bits per heavy atom. The number of benzene rings is 1. The Balaban J connectivity index is 2.83. The molecule has 0 radical (unpaired) electrons. The van der Waals surface area contributed by atoms with Crippen molar-refractivity contribution in [3.8, 4) is 0 Å². The van der Waals surface area contributed by atoms with Gasteiger partial charge >= 0.3 is 0 Å². The molecule has 0 spiro atoms. The summed E-state index contributed by atoms with van der Waals surface area (Å²) in [6, 6.07) is 9.58. The third-order valence-corrected chi connectivity index (χ3v) is 4.70. The lowest BCUT2D eigenvalue weighted by atomic mass is 10.2. The molecule has 0 unspecified atom stereocenters. The lowest BCUT2D eigenvalue weighted by Crippen LogP contribution is -2.37. The molecule has 18 heavy (non-hydrogen) atoms. The van der Waals surface area contributed by atoms with Gasteiger partial charge in [0.1, 0.15) is 0 Å². The topological polar surface area (TPSA) is 63.4 Å². The highest BCUT2D eigenvalue weighted by molar-refractivity contribution is 7.89. The Morgan fingerprint density at radius 1 is 1.22 bits per heavy atom. The Morgan fingerprint density at radius 3 is 2.33 bits per heavy atom. The maximum absolute atomic E-state index is 12.2. The van der Waals surface area contributed by atoms with Gasteiger partial charge in [0, 0.05) is 19.6 Å². The average molecular weight is 270 g/mol. The van der Waals surface area contributed by atoms with Crippen molar-refractivity contribution in [1.82, 2.24) is 4.31 Å². The van der Waals surface area contributed by atoms with Gasteiger partial charge in [0.2, 0.25) is 10.0 Å². The first-order valence-electron chi connectivity index (χ1n) is 6.17. The van der Waals surface area contributed by atoms with Crippen molar-refractivity contribution < 1.29 is 8.42 Å². The molecule has 0 heterocycles. The molecule has 0 bridgehead atoms. The minimum Gasteiger partial charge on any atom is -0.329 e. The van der Waals surface area contributed by atoms with Crippen LogP contribution >= 0.6 is 0 Å². The first-order valence-corrected chi connectivity index (χ1v) is 7.78. The molecular formula is C13H22N2O2S. The highest BCUT2D eigenvalue weighted by atomic mass is 32.2. The van der Waals surface area contributed by atoms with E-state index in [2.05, 4.69) is 0 Å². The van der Waals surface area contributed by atoms with Gasteiger partial charge < -0.3 is 5.73 Å². The zero-order chi connectivity index (χ0) is 13.6. The summed E-state index contributed by atoms with van der Waals surface area (Å²) in [7, 11) is -3.23. The molecule has 1 aromatic carbocycles. The van der Waals surface area contributed by atoms with Crippen molar-refractivity contribution in [3.63, 3.8) is 0 Å². The molecule has 0 aliphatic heterocycles. The molecule has 4 nitrogen and oxygen atoms in total. The van der Waals surface area contributed by atoms with Crippen LogP contribution in [0.3, 0.4) is 0 Å². The molecule has 5 heteroatoms. The predicted molar refractivity (Wildman–Crippen MR) is 74.5 cm³/mol. The molecule has 0 aliphatic carbocycles. The lowest BCUT2D eigenvalue weighted by molar-refractivity contribution is 0.409. The minimum atomic E-state index is -3.23. The molecule has 0 atom stereocenters. The van der Waals surface area contributed by atoms with Crippen molar-refractivity contribution in [2.75, 3.05) is 18.8 Å². The second kappa shape index (κ2) is 6.87.